The molecule has 5 N–H and O–H groups in total. The Morgan fingerprint density at radius 3 is 2.47 bits per heavy atom. The normalized spacial score (nSPS) is 24.8. The minimum Gasteiger partial charge on any atom is -0.365 e. The molecule has 0 spiro atoms. The number of likely N-dealkylation sites (tertiary alicyclic amines) is 1. The standard InChI is InChI=1S/C22H29F3N6O/c1-13-10-30(11-13)17-6-7-19(14(8-17)9-26)31-12-18(20(27)32)21(29-31)28-16-4-2-15(3-5-16)22(23,24)25/h2-5,12-14,17,19H,6-11,26H2,1H3,(H2,27,32)(H,28,29)/t14-,17+,19+/m1/s1. The first-order chi connectivity index (χ1) is 15.2. The van der Waals surface area contributed by atoms with E-state index in [-0.39, 0.29) is 23.3 Å². The van der Waals surface area contributed by atoms with Crippen molar-refractivity contribution in [3.05, 3.63) is 41.6 Å². The lowest BCUT2D eigenvalue weighted by Gasteiger charge is -2.47. The SMILES string of the molecule is CC1CN([C@H]2CC[C@H](n3cc(C(N)=O)c(Nc4ccc(C(F)(F)F)cc4)n3)[C@@H](CN)C2)C1. The van der Waals surface area contributed by atoms with E-state index in [1.807, 2.05) is 0 Å². The Hall–Kier alpha value is -2.59. The molecule has 0 bridgehead atoms. The highest BCUT2D eigenvalue weighted by atomic mass is 19.4. The molecule has 1 amide bonds. The van der Waals surface area contributed by atoms with Crippen LogP contribution in [0.4, 0.5) is 24.7 Å². The summed E-state index contributed by atoms with van der Waals surface area (Å²) in [4.78, 5) is 14.5. The maximum atomic E-state index is 12.8. The van der Waals surface area contributed by atoms with Crippen LogP contribution in [-0.2, 0) is 6.18 Å². The molecule has 7 nitrogen and oxygen atoms in total. The average Bonchev–Trinajstić information content (AvgIpc) is 3.14. The first kappa shape index (κ1) is 22.6. The number of carbonyl (C=O) groups excluding carboxylic acids is 1. The molecule has 10 heteroatoms. The lowest BCUT2D eigenvalue weighted by molar-refractivity contribution is -0.137. The summed E-state index contributed by atoms with van der Waals surface area (Å²) in [5.74, 6) is 0.529. The van der Waals surface area contributed by atoms with Crippen LogP contribution in [0.2, 0.25) is 0 Å². The molecule has 32 heavy (non-hydrogen) atoms. The number of alkyl halides is 3. The third kappa shape index (κ3) is 4.61. The van der Waals surface area contributed by atoms with Crippen LogP contribution in [0.25, 0.3) is 0 Å². The fourth-order valence-corrected chi connectivity index (χ4v) is 4.92. The molecule has 2 aliphatic rings. The summed E-state index contributed by atoms with van der Waals surface area (Å²) in [6.45, 7) is 5.02. The predicted octanol–water partition coefficient (Wildman–Crippen LogP) is 3.36. The van der Waals surface area contributed by atoms with Gasteiger partial charge < -0.3 is 16.8 Å². The van der Waals surface area contributed by atoms with Crippen LogP contribution >= 0.6 is 0 Å². The lowest BCUT2D eigenvalue weighted by Crippen LogP contribution is -2.53. The van der Waals surface area contributed by atoms with Crippen LogP contribution in [0.1, 0.15) is 48.1 Å². The van der Waals surface area contributed by atoms with Crippen molar-refractivity contribution in [1.82, 2.24) is 14.7 Å². The minimum atomic E-state index is -4.41. The molecule has 2 heterocycles. The van der Waals surface area contributed by atoms with Crippen LogP contribution in [0.3, 0.4) is 0 Å². The number of benzene rings is 1. The van der Waals surface area contributed by atoms with E-state index in [2.05, 4.69) is 22.2 Å². The quantitative estimate of drug-likeness (QED) is 0.626. The summed E-state index contributed by atoms with van der Waals surface area (Å²) in [5.41, 5.74) is 11.5. The second-order valence-electron chi connectivity index (χ2n) is 9.02. The number of amides is 1. The number of aromatic nitrogens is 2. The number of hydrogen-bond donors (Lipinski definition) is 3. The van der Waals surface area contributed by atoms with Gasteiger partial charge in [-0.05, 0) is 61.9 Å². The molecule has 174 valence electrons. The Labute approximate surface area is 184 Å². The summed E-state index contributed by atoms with van der Waals surface area (Å²) < 4.78 is 40.2. The van der Waals surface area contributed by atoms with Gasteiger partial charge in [0, 0.05) is 31.0 Å². The smallest absolute Gasteiger partial charge is 0.365 e. The van der Waals surface area contributed by atoms with E-state index in [0.29, 0.717) is 18.3 Å². The van der Waals surface area contributed by atoms with Gasteiger partial charge in [-0.3, -0.25) is 14.4 Å². The molecule has 3 atom stereocenters. The molecule has 0 radical (unpaired) electrons. The second kappa shape index (κ2) is 8.74. The third-order valence-electron chi connectivity index (χ3n) is 6.64. The Balaban J connectivity index is 1.52. The summed E-state index contributed by atoms with van der Waals surface area (Å²) in [6.07, 6.45) is 0.0937. The van der Waals surface area contributed by atoms with Crippen LogP contribution in [0.5, 0.6) is 0 Å². The van der Waals surface area contributed by atoms with Crippen LogP contribution in [-0.4, -0.2) is 46.3 Å². The van der Waals surface area contributed by atoms with Gasteiger partial charge >= 0.3 is 6.18 Å². The number of nitrogens with zero attached hydrogens (tertiary/aromatic N) is 3. The summed E-state index contributed by atoms with van der Waals surface area (Å²) in [6, 6.07) is 5.11. The molecule has 2 aromatic rings. The zero-order valence-corrected chi connectivity index (χ0v) is 18.0. The van der Waals surface area contributed by atoms with Gasteiger partial charge in [0.15, 0.2) is 5.82 Å². The van der Waals surface area contributed by atoms with Crippen molar-refractivity contribution in [3.63, 3.8) is 0 Å². The molecule has 1 aliphatic carbocycles. The molecule has 1 saturated carbocycles. The molecule has 1 saturated heterocycles. The minimum absolute atomic E-state index is 0.0382. The first-order valence-corrected chi connectivity index (χ1v) is 10.9. The lowest BCUT2D eigenvalue weighted by atomic mass is 9.79. The van der Waals surface area contributed by atoms with Crippen molar-refractivity contribution in [1.29, 1.82) is 0 Å². The highest BCUT2D eigenvalue weighted by molar-refractivity contribution is 5.98. The number of primary amides is 1. The zero-order valence-electron chi connectivity index (χ0n) is 18.0. The van der Waals surface area contributed by atoms with Crippen LogP contribution in [0, 0.1) is 11.8 Å². The molecule has 0 unspecified atom stereocenters. The second-order valence-corrected chi connectivity index (χ2v) is 9.02. The largest absolute Gasteiger partial charge is 0.416 e. The Kier molecular flexibility index (Phi) is 6.17. The highest BCUT2D eigenvalue weighted by Gasteiger charge is 2.38. The predicted molar refractivity (Wildman–Crippen MR) is 115 cm³/mol. The van der Waals surface area contributed by atoms with Crippen LogP contribution in [0.15, 0.2) is 30.5 Å². The van der Waals surface area contributed by atoms with E-state index in [9.17, 15) is 18.0 Å². The van der Waals surface area contributed by atoms with E-state index in [1.165, 1.54) is 12.1 Å². The fourth-order valence-electron chi connectivity index (χ4n) is 4.92. The summed E-state index contributed by atoms with van der Waals surface area (Å²) in [5, 5.41) is 7.48. The van der Waals surface area contributed by atoms with Gasteiger partial charge in [-0.15, -0.1) is 0 Å². The van der Waals surface area contributed by atoms with E-state index < -0.39 is 17.6 Å². The summed E-state index contributed by atoms with van der Waals surface area (Å²) >= 11 is 0. The van der Waals surface area contributed by atoms with E-state index in [1.54, 1.807) is 10.9 Å². The average molecular weight is 451 g/mol. The van der Waals surface area contributed by atoms with E-state index >= 15 is 0 Å². The monoisotopic (exact) mass is 450 g/mol. The maximum Gasteiger partial charge on any atom is 0.416 e. The Bertz CT molecular complexity index is 952. The molecule has 1 aromatic heterocycles. The number of halogens is 3. The fraction of sp³-hybridized carbons (Fsp3) is 0.545. The molecular formula is C22H29F3N6O. The summed E-state index contributed by atoms with van der Waals surface area (Å²) in [7, 11) is 0. The van der Waals surface area contributed by atoms with E-state index in [0.717, 1.165) is 50.4 Å². The van der Waals surface area contributed by atoms with Gasteiger partial charge in [-0.2, -0.15) is 18.3 Å². The topological polar surface area (TPSA) is 102 Å². The van der Waals surface area contributed by atoms with Gasteiger partial charge in [-0.25, -0.2) is 0 Å². The number of hydrogen-bond acceptors (Lipinski definition) is 5. The van der Waals surface area contributed by atoms with Crippen molar-refractivity contribution >= 4 is 17.4 Å². The highest BCUT2D eigenvalue weighted by Crippen LogP contribution is 2.38. The van der Waals surface area contributed by atoms with Gasteiger partial charge in [0.2, 0.25) is 0 Å². The van der Waals surface area contributed by atoms with E-state index in [4.69, 9.17) is 11.5 Å². The molecule has 4 rings (SSSR count). The van der Waals surface area contributed by atoms with Crippen LogP contribution < -0.4 is 16.8 Å². The number of rotatable bonds is 6. The number of nitrogens with two attached hydrogens (primary N) is 2. The van der Waals surface area contributed by atoms with Gasteiger partial charge in [-0.1, -0.05) is 6.92 Å². The van der Waals surface area contributed by atoms with Crippen molar-refractivity contribution in [2.24, 2.45) is 23.3 Å². The Morgan fingerprint density at radius 1 is 1.22 bits per heavy atom. The van der Waals surface area contributed by atoms with Crippen molar-refractivity contribution in [3.8, 4) is 0 Å². The number of anilines is 2. The van der Waals surface area contributed by atoms with Gasteiger partial charge in [0.1, 0.15) is 5.56 Å². The van der Waals surface area contributed by atoms with Crippen molar-refractivity contribution < 1.29 is 18.0 Å². The van der Waals surface area contributed by atoms with Crippen molar-refractivity contribution in [2.75, 3.05) is 25.0 Å². The third-order valence-corrected chi connectivity index (χ3v) is 6.64. The van der Waals surface area contributed by atoms with Gasteiger partial charge in [0.25, 0.3) is 5.91 Å². The number of carbonyl (C=O) groups is 1. The zero-order chi connectivity index (χ0) is 23.0. The van der Waals surface area contributed by atoms with Gasteiger partial charge in [0.05, 0.1) is 11.6 Å². The molecule has 1 aliphatic heterocycles. The first-order valence-electron chi connectivity index (χ1n) is 10.9. The maximum absolute atomic E-state index is 12.8. The van der Waals surface area contributed by atoms with Crippen molar-refractivity contribution in [2.45, 2.75) is 44.4 Å². The number of nitrogens with one attached hydrogen (secondary N) is 1. The molecule has 2 fully saturated rings. The molecule has 1 aromatic carbocycles. The Morgan fingerprint density at radius 2 is 1.91 bits per heavy atom. The molecular weight excluding hydrogens is 421 g/mol.